The Morgan fingerprint density at radius 2 is 1.92 bits per heavy atom. The summed E-state index contributed by atoms with van der Waals surface area (Å²) >= 11 is 7.29. The Morgan fingerprint density at radius 3 is 2.68 bits per heavy atom. The van der Waals surface area contributed by atoms with Crippen LogP contribution in [0.4, 0.5) is 11.4 Å². The number of carbonyl (C=O) groups is 3. The predicted molar refractivity (Wildman–Crippen MR) is 149 cm³/mol. The van der Waals surface area contributed by atoms with Gasteiger partial charge in [-0.1, -0.05) is 54.8 Å². The Balaban J connectivity index is 1.28. The fourth-order valence-corrected chi connectivity index (χ4v) is 5.87. The van der Waals surface area contributed by atoms with Crippen LogP contribution in [-0.2, 0) is 14.4 Å². The molecule has 0 aromatic heterocycles. The summed E-state index contributed by atoms with van der Waals surface area (Å²) < 4.78 is 5.14. The van der Waals surface area contributed by atoms with Crippen molar-refractivity contribution in [3.63, 3.8) is 0 Å². The van der Waals surface area contributed by atoms with Gasteiger partial charge in [0.2, 0.25) is 11.8 Å². The summed E-state index contributed by atoms with van der Waals surface area (Å²) in [5, 5.41) is 6.60. The standard InChI is InChI=1S/C27H28ClN5O4S/c1-37-22-12-11-17(13-19(22)28)30-24(35)15-38-27-32-20-10-6-5-9-18(20)25-31-21(26(36)33(25)27)14-23(34)29-16-7-3-2-4-8-16/h5-6,9-13,16,21H,2-4,7-8,14-15H2,1H3,(H,29,34)(H,30,35)/t21-/m1/s1. The number of amidine groups is 2. The van der Waals surface area contributed by atoms with E-state index < -0.39 is 6.04 Å². The molecule has 1 saturated carbocycles. The molecule has 2 aromatic carbocycles. The molecule has 0 saturated heterocycles. The number of benzene rings is 2. The molecule has 5 rings (SSSR count). The van der Waals surface area contributed by atoms with Crippen LogP contribution < -0.4 is 15.4 Å². The first kappa shape index (κ1) is 26.2. The van der Waals surface area contributed by atoms with Crippen LogP contribution in [0.1, 0.15) is 44.1 Å². The zero-order valence-corrected chi connectivity index (χ0v) is 22.5. The number of rotatable bonds is 7. The van der Waals surface area contributed by atoms with E-state index >= 15 is 0 Å². The zero-order valence-electron chi connectivity index (χ0n) is 20.9. The molecule has 2 aliphatic heterocycles. The van der Waals surface area contributed by atoms with Gasteiger partial charge in [0.1, 0.15) is 17.6 Å². The number of hydrogen-bond donors (Lipinski definition) is 2. The number of ether oxygens (including phenoxy) is 1. The molecule has 0 bridgehead atoms. The van der Waals surface area contributed by atoms with Crippen molar-refractivity contribution in [1.29, 1.82) is 0 Å². The first-order valence-corrected chi connectivity index (χ1v) is 13.9. The monoisotopic (exact) mass is 553 g/mol. The highest BCUT2D eigenvalue weighted by Crippen LogP contribution is 2.34. The van der Waals surface area contributed by atoms with Gasteiger partial charge < -0.3 is 15.4 Å². The predicted octanol–water partition coefficient (Wildman–Crippen LogP) is 4.52. The first-order chi connectivity index (χ1) is 18.4. The van der Waals surface area contributed by atoms with Crippen molar-refractivity contribution in [1.82, 2.24) is 10.2 Å². The summed E-state index contributed by atoms with van der Waals surface area (Å²) in [6.07, 6.45) is 5.33. The van der Waals surface area contributed by atoms with Gasteiger partial charge in [-0.05, 0) is 43.2 Å². The lowest BCUT2D eigenvalue weighted by Gasteiger charge is -2.25. The molecule has 9 nitrogen and oxygen atoms in total. The van der Waals surface area contributed by atoms with E-state index in [-0.39, 0.29) is 35.9 Å². The van der Waals surface area contributed by atoms with Gasteiger partial charge in [0.05, 0.1) is 30.0 Å². The fourth-order valence-electron chi connectivity index (χ4n) is 4.81. The molecular weight excluding hydrogens is 526 g/mol. The Labute approximate surface area is 230 Å². The fraction of sp³-hybridized carbons (Fsp3) is 0.370. The van der Waals surface area contributed by atoms with Crippen LogP contribution in [0, 0.1) is 0 Å². The summed E-state index contributed by atoms with van der Waals surface area (Å²) in [6.45, 7) is 0. The number of halogens is 1. The van der Waals surface area contributed by atoms with Crippen molar-refractivity contribution in [2.75, 3.05) is 18.2 Å². The molecule has 1 aliphatic carbocycles. The third-order valence-corrected chi connectivity index (χ3v) is 7.90. The molecular formula is C27H28ClN5O4S. The number of nitrogens with zero attached hydrogens (tertiary/aromatic N) is 3. The number of nitrogens with one attached hydrogen (secondary N) is 2. The summed E-state index contributed by atoms with van der Waals surface area (Å²) in [5.74, 6) is 0.204. The van der Waals surface area contributed by atoms with Crippen LogP contribution in [0.3, 0.4) is 0 Å². The molecule has 11 heteroatoms. The second-order valence-electron chi connectivity index (χ2n) is 9.35. The molecule has 3 aliphatic rings. The van der Waals surface area contributed by atoms with Gasteiger partial charge in [-0.15, -0.1) is 0 Å². The van der Waals surface area contributed by atoms with Gasteiger partial charge in [-0.2, -0.15) is 0 Å². The summed E-state index contributed by atoms with van der Waals surface area (Å²) in [4.78, 5) is 49.6. The lowest BCUT2D eigenvalue weighted by atomic mass is 9.95. The number of para-hydroxylation sites is 1. The molecule has 0 unspecified atom stereocenters. The van der Waals surface area contributed by atoms with Crippen molar-refractivity contribution in [3.05, 3.63) is 53.1 Å². The van der Waals surface area contributed by atoms with Crippen molar-refractivity contribution >= 4 is 63.5 Å². The zero-order chi connectivity index (χ0) is 26.6. The van der Waals surface area contributed by atoms with Crippen LogP contribution in [0.15, 0.2) is 52.4 Å². The highest BCUT2D eigenvalue weighted by molar-refractivity contribution is 8.14. The van der Waals surface area contributed by atoms with Gasteiger partial charge in [0.25, 0.3) is 5.91 Å². The summed E-state index contributed by atoms with van der Waals surface area (Å²) in [5.41, 5.74) is 1.91. The molecule has 2 aromatic rings. The first-order valence-electron chi connectivity index (χ1n) is 12.6. The lowest BCUT2D eigenvalue weighted by Crippen LogP contribution is -2.43. The molecule has 198 valence electrons. The smallest absolute Gasteiger partial charge is 0.259 e. The quantitative estimate of drug-likeness (QED) is 0.523. The van der Waals surface area contributed by atoms with Crippen LogP contribution >= 0.6 is 23.4 Å². The summed E-state index contributed by atoms with van der Waals surface area (Å²) in [7, 11) is 1.52. The van der Waals surface area contributed by atoms with E-state index in [4.69, 9.17) is 16.3 Å². The van der Waals surface area contributed by atoms with Gasteiger partial charge in [0.15, 0.2) is 5.17 Å². The second kappa shape index (κ2) is 11.6. The highest BCUT2D eigenvalue weighted by Gasteiger charge is 2.42. The van der Waals surface area contributed by atoms with Gasteiger partial charge >= 0.3 is 0 Å². The van der Waals surface area contributed by atoms with Crippen LogP contribution in [0.5, 0.6) is 5.75 Å². The molecule has 1 fully saturated rings. The number of amides is 3. The molecule has 3 amide bonds. The maximum absolute atomic E-state index is 13.4. The minimum Gasteiger partial charge on any atom is -0.495 e. The van der Waals surface area contributed by atoms with Crippen molar-refractivity contribution in [3.8, 4) is 5.75 Å². The van der Waals surface area contributed by atoms with Crippen molar-refractivity contribution in [2.45, 2.75) is 50.6 Å². The average molecular weight is 554 g/mol. The van der Waals surface area contributed by atoms with Crippen molar-refractivity contribution in [2.24, 2.45) is 9.98 Å². The number of methoxy groups -OCH3 is 1. The molecule has 0 spiro atoms. The van der Waals surface area contributed by atoms with E-state index in [2.05, 4.69) is 20.6 Å². The number of carbonyl (C=O) groups excluding carboxylic acids is 3. The van der Waals surface area contributed by atoms with E-state index in [0.29, 0.717) is 33.2 Å². The van der Waals surface area contributed by atoms with E-state index in [1.54, 1.807) is 18.2 Å². The third-order valence-electron chi connectivity index (χ3n) is 6.66. The number of aliphatic imine (C=N–C) groups is 2. The number of fused-ring (bicyclic) bond motifs is 3. The Bertz CT molecular complexity index is 1320. The normalized spacial score (nSPS) is 18.7. The summed E-state index contributed by atoms with van der Waals surface area (Å²) in [6, 6.07) is 11.7. The van der Waals surface area contributed by atoms with Crippen LogP contribution in [0.2, 0.25) is 5.02 Å². The molecule has 38 heavy (non-hydrogen) atoms. The maximum Gasteiger partial charge on any atom is 0.259 e. The molecule has 2 heterocycles. The minimum absolute atomic E-state index is 0.00847. The number of thioether (sulfide) groups is 1. The third kappa shape index (κ3) is 5.71. The topological polar surface area (TPSA) is 112 Å². The van der Waals surface area contributed by atoms with Gasteiger partial charge in [-0.3, -0.25) is 19.4 Å². The number of anilines is 1. The second-order valence-corrected chi connectivity index (χ2v) is 10.7. The van der Waals surface area contributed by atoms with E-state index in [9.17, 15) is 14.4 Å². The lowest BCUT2D eigenvalue weighted by molar-refractivity contribution is -0.129. The molecule has 0 radical (unpaired) electrons. The van der Waals surface area contributed by atoms with E-state index in [1.165, 1.54) is 18.4 Å². The number of hydrogen-bond acceptors (Lipinski definition) is 7. The maximum atomic E-state index is 13.4. The van der Waals surface area contributed by atoms with E-state index in [1.807, 2.05) is 24.3 Å². The highest BCUT2D eigenvalue weighted by atomic mass is 35.5. The minimum atomic E-state index is -0.833. The average Bonchev–Trinajstić information content (AvgIpc) is 3.24. The largest absolute Gasteiger partial charge is 0.495 e. The van der Waals surface area contributed by atoms with E-state index in [0.717, 1.165) is 43.0 Å². The SMILES string of the molecule is COc1ccc(NC(=O)CSC2=Nc3ccccc3C3=N[C@H](CC(=O)NC4CCCCC4)C(=O)N23)cc1Cl. The van der Waals surface area contributed by atoms with Crippen LogP contribution in [-0.4, -0.2) is 58.6 Å². The van der Waals surface area contributed by atoms with Gasteiger partial charge in [0, 0.05) is 17.3 Å². The molecule has 1 atom stereocenters. The molecule has 2 N–H and O–H groups in total. The van der Waals surface area contributed by atoms with Crippen molar-refractivity contribution < 1.29 is 19.1 Å². The Hall–Kier alpha value is -3.37. The van der Waals surface area contributed by atoms with Gasteiger partial charge in [-0.25, -0.2) is 9.89 Å². The Morgan fingerprint density at radius 1 is 1.13 bits per heavy atom. The Kier molecular flexibility index (Phi) is 7.99. The van der Waals surface area contributed by atoms with Crippen LogP contribution in [0.25, 0.3) is 0 Å².